The Hall–Kier alpha value is -2.14. The molecule has 124 valence electrons. The zero-order chi connectivity index (χ0) is 16.7. The van der Waals surface area contributed by atoms with E-state index in [1.165, 1.54) is 11.3 Å². The fraction of sp³-hybridized carbons (Fsp3) is 0.368. The maximum atomic E-state index is 13.0. The van der Waals surface area contributed by atoms with Gasteiger partial charge in [-0.3, -0.25) is 9.59 Å². The summed E-state index contributed by atoms with van der Waals surface area (Å²) in [5.74, 6) is -0.607. The Balaban J connectivity index is 1.59. The van der Waals surface area contributed by atoms with Crippen molar-refractivity contribution in [2.75, 3.05) is 13.1 Å². The summed E-state index contributed by atoms with van der Waals surface area (Å²) in [4.78, 5) is 27.0. The van der Waals surface area contributed by atoms with Crippen LogP contribution in [0.4, 0.5) is 0 Å². The Labute approximate surface area is 144 Å². The number of nitrogens with zero attached hydrogens (tertiary/aromatic N) is 1. The largest absolute Gasteiger partial charge is 0.481 e. The number of hydrogen-bond acceptors (Lipinski definition) is 3. The molecule has 1 aliphatic carbocycles. The number of benzene rings is 1. The van der Waals surface area contributed by atoms with Crippen LogP contribution in [0.2, 0.25) is 0 Å². The fourth-order valence-corrected chi connectivity index (χ4v) is 4.60. The van der Waals surface area contributed by atoms with E-state index in [1.54, 1.807) is 4.90 Å². The third kappa shape index (κ3) is 2.73. The molecule has 1 aromatic heterocycles. The maximum Gasteiger partial charge on any atom is 0.308 e. The lowest BCUT2D eigenvalue weighted by Gasteiger charge is -2.16. The van der Waals surface area contributed by atoms with Gasteiger partial charge in [0, 0.05) is 18.7 Å². The van der Waals surface area contributed by atoms with Crippen LogP contribution in [0.1, 0.15) is 22.5 Å². The summed E-state index contributed by atoms with van der Waals surface area (Å²) in [5, 5.41) is 11.4. The summed E-state index contributed by atoms with van der Waals surface area (Å²) in [6.45, 7) is 0.911. The number of carbonyl (C=O) groups is 2. The summed E-state index contributed by atoms with van der Waals surface area (Å²) in [6, 6.07) is 11.8. The highest BCUT2D eigenvalue weighted by Crippen LogP contribution is 2.44. The van der Waals surface area contributed by atoms with E-state index in [0.717, 1.165) is 24.0 Å². The van der Waals surface area contributed by atoms with Crippen molar-refractivity contribution in [3.05, 3.63) is 46.7 Å². The first-order valence-electron chi connectivity index (χ1n) is 8.30. The zero-order valence-corrected chi connectivity index (χ0v) is 14.0. The lowest BCUT2D eigenvalue weighted by Crippen LogP contribution is -2.29. The molecular weight excluding hydrogens is 322 g/mol. The average molecular weight is 341 g/mol. The number of carboxylic acids is 1. The van der Waals surface area contributed by atoms with Gasteiger partial charge in [-0.1, -0.05) is 30.3 Å². The van der Waals surface area contributed by atoms with Crippen molar-refractivity contribution in [2.45, 2.75) is 12.8 Å². The van der Waals surface area contributed by atoms with Crippen molar-refractivity contribution in [3.63, 3.8) is 0 Å². The molecule has 4 rings (SSSR count). The van der Waals surface area contributed by atoms with E-state index in [1.807, 2.05) is 41.8 Å². The van der Waals surface area contributed by atoms with Crippen LogP contribution in [-0.4, -0.2) is 35.0 Å². The smallest absolute Gasteiger partial charge is 0.308 e. The van der Waals surface area contributed by atoms with Gasteiger partial charge in [-0.15, -0.1) is 11.3 Å². The van der Waals surface area contributed by atoms with Crippen LogP contribution >= 0.6 is 11.3 Å². The second-order valence-corrected chi connectivity index (χ2v) is 7.60. The average Bonchev–Trinajstić information content (AvgIpc) is 3.15. The lowest BCUT2D eigenvalue weighted by molar-refractivity contribution is -0.142. The van der Waals surface area contributed by atoms with Crippen molar-refractivity contribution < 1.29 is 14.7 Å². The molecule has 2 atom stereocenters. The van der Waals surface area contributed by atoms with Crippen LogP contribution < -0.4 is 0 Å². The van der Waals surface area contributed by atoms with E-state index < -0.39 is 11.9 Å². The Morgan fingerprint density at radius 2 is 1.83 bits per heavy atom. The molecule has 1 N–H and O–H groups in total. The molecule has 1 saturated heterocycles. The van der Waals surface area contributed by atoms with Crippen molar-refractivity contribution in [1.29, 1.82) is 0 Å². The topological polar surface area (TPSA) is 57.6 Å². The van der Waals surface area contributed by atoms with E-state index in [0.29, 0.717) is 23.9 Å². The predicted octanol–water partition coefficient (Wildman–Crippen LogP) is 3.60. The number of aliphatic carboxylic acids is 1. The van der Waals surface area contributed by atoms with E-state index in [4.69, 9.17) is 0 Å². The summed E-state index contributed by atoms with van der Waals surface area (Å²) in [5.41, 5.74) is 1.96. The summed E-state index contributed by atoms with van der Waals surface area (Å²) < 4.78 is 0. The van der Waals surface area contributed by atoms with E-state index in [9.17, 15) is 14.7 Å². The Morgan fingerprint density at radius 3 is 2.50 bits per heavy atom. The van der Waals surface area contributed by atoms with Gasteiger partial charge in [0.05, 0.1) is 10.8 Å². The van der Waals surface area contributed by atoms with Gasteiger partial charge in [-0.2, -0.15) is 0 Å². The minimum absolute atomic E-state index is 0.0294. The molecule has 0 radical (unpaired) electrons. The number of rotatable bonds is 4. The molecule has 1 aromatic carbocycles. The molecule has 1 amide bonds. The molecule has 2 fully saturated rings. The summed E-state index contributed by atoms with van der Waals surface area (Å²) in [6.07, 6.45) is 2.20. The molecule has 24 heavy (non-hydrogen) atoms. The monoisotopic (exact) mass is 341 g/mol. The van der Waals surface area contributed by atoms with Crippen LogP contribution in [-0.2, 0) is 4.79 Å². The molecule has 0 bridgehead atoms. The van der Waals surface area contributed by atoms with Gasteiger partial charge in [-0.25, -0.2) is 0 Å². The van der Waals surface area contributed by atoms with E-state index >= 15 is 0 Å². The van der Waals surface area contributed by atoms with Crippen LogP contribution in [0.15, 0.2) is 41.8 Å². The first-order valence-corrected chi connectivity index (χ1v) is 9.18. The number of hydrogen-bond donors (Lipinski definition) is 1. The quantitative estimate of drug-likeness (QED) is 0.924. The van der Waals surface area contributed by atoms with Gasteiger partial charge in [0.15, 0.2) is 0 Å². The SMILES string of the molecule is O=C(O)[C@H]1CN(C(=O)c2sccc2-c2ccccc2)C[C@@H]1C1CC1. The fourth-order valence-electron chi connectivity index (χ4n) is 3.72. The Morgan fingerprint density at radius 1 is 1.08 bits per heavy atom. The minimum atomic E-state index is -0.767. The third-order valence-corrected chi connectivity index (χ3v) is 6.04. The van der Waals surface area contributed by atoms with Gasteiger partial charge in [0.1, 0.15) is 0 Å². The van der Waals surface area contributed by atoms with Gasteiger partial charge in [-0.05, 0) is 41.7 Å². The number of amides is 1. The molecule has 2 aliphatic rings. The van der Waals surface area contributed by atoms with Crippen molar-refractivity contribution >= 4 is 23.2 Å². The van der Waals surface area contributed by atoms with Gasteiger partial charge >= 0.3 is 5.97 Å². The number of likely N-dealkylation sites (tertiary alicyclic amines) is 1. The van der Waals surface area contributed by atoms with E-state index in [-0.39, 0.29) is 11.8 Å². The molecule has 5 heteroatoms. The van der Waals surface area contributed by atoms with Gasteiger partial charge in [0.2, 0.25) is 0 Å². The third-order valence-electron chi connectivity index (χ3n) is 5.14. The maximum absolute atomic E-state index is 13.0. The predicted molar refractivity (Wildman–Crippen MR) is 93.0 cm³/mol. The lowest BCUT2D eigenvalue weighted by atomic mass is 9.92. The molecule has 4 nitrogen and oxygen atoms in total. The molecule has 1 saturated carbocycles. The van der Waals surface area contributed by atoms with Crippen LogP contribution in [0.5, 0.6) is 0 Å². The number of thiophene rings is 1. The first kappa shape index (κ1) is 15.4. The number of carboxylic acid groups (broad SMARTS) is 1. The van der Waals surface area contributed by atoms with Gasteiger partial charge < -0.3 is 10.0 Å². The molecule has 2 heterocycles. The molecule has 0 unspecified atom stereocenters. The summed E-state index contributed by atoms with van der Waals surface area (Å²) >= 11 is 1.44. The normalized spacial score (nSPS) is 23.4. The van der Waals surface area contributed by atoms with E-state index in [2.05, 4.69) is 0 Å². The van der Waals surface area contributed by atoms with Gasteiger partial charge in [0.25, 0.3) is 5.91 Å². The highest BCUT2D eigenvalue weighted by Gasteiger charge is 2.47. The highest BCUT2D eigenvalue weighted by molar-refractivity contribution is 7.12. The Kier molecular flexibility index (Phi) is 3.88. The second kappa shape index (κ2) is 6.06. The van der Waals surface area contributed by atoms with Crippen molar-refractivity contribution in [2.24, 2.45) is 17.8 Å². The minimum Gasteiger partial charge on any atom is -0.481 e. The van der Waals surface area contributed by atoms with Crippen LogP contribution in [0, 0.1) is 17.8 Å². The molecule has 2 aromatic rings. The standard InChI is InChI=1S/C19H19NO3S/c21-18(17-14(8-9-24-17)12-4-2-1-3-5-12)20-10-15(13-6-7-13)16(11-20)19(22)23/h1-5,8-9,13,15-16H,6-7,10-11H2,(H,22,23)/t15-,16+/m1/s1. The summed E-state index contributed by atoms with van der Waals surface area (Å²) in [7, 11) is 0. The first-order chi connectivity index (χ1) is 11.6. The zero-order valence-electron chi connectivity index (χ0n) is 13.2. The molecule has 1 aliphatic heterocycles. The second-order valence-electron chi connectivity index (χ2n) is 6.69. The molecular formula is C19H19NO3S. The van der Waals surface area contributed by atoms with Crippen molar-refractivity contribution in [3.8, 4) is 11.1 Å². The highest BCUT2D eigenvalue weighted by atomic mass is 32.1. The Bertz CT molecular complexity index is 766. The molecule has 0 spiro atoms. The van der Waals surface area contributed by atoms with Crippen LogP contribution in [0.25, 0.3) is 11.1 Å². The number of carbonyl (C=O) groups excluding carboxylic acids is 1. The van der Waals surface area contributed by atoms with Crippen molar-refractivity contribution in [1.82, 2.24) is 4.90 Å². The van der Waals surface area contributed by atoms with Crippen LogP contribution in [0.3, 0.4) is 0 Å².